The van der Waals surface area contributed by atoms with Crippen LogP contribution in [-0.2, 0) is 0 Å². The molecule has 1 heteroatoms. The average molecular weight is 443 g/mol. The Balaban J connectivity index is 1.34. The molecule has 0 radical (unpaired) electrons. The summed E-state index contributed by atoms with van der Waals surface area (Å²) in [5, 5.41) is 10.6. The molecule has 0 heterocycles. The van der Waals surface area contributed by atoms with E-state index in [9.17, 15) is 5.11 Å². The van der Waals surface area contributed by atoms with Crippen molar-refractivity contribution in [2.45, 2.75) is 119 Å². The molecule has 1 nitrogen and oxygen atoms in total. The Labute approximate surface area is 199 Å². The van der Waals surface area contributed by atoms with Gasteiger partial charge in [-0.05, 0) is 133 Å². The molecule has 10 unspecified atom stereocenters. The molecule has 32 heavy (non-hydrogen) atoms. The van der Waals surface area contributed by atoms with Crippen molar-refractivity contribution < 1.29 is 5.11 Å². The minimum absolute atomic E-state index is 0.0451. The molecule has 5 aliphatic carbocycles. The summed E-state index contributed by atoms with van der Waals surface area (Å²) < 4.78 is 0. The average Bonchev–Trinajstić information content (AvgIpc) is 3.31. The number of fused-ring (bicyclic) bond motifs is 5. The highest BCUT2D eigenvalue weighted by atomic mass is 16.3. The number of aliphatic hydroxyl groups excluding tert-OH is 1. The molecule has 0 aromatic carbocycles. The van der Waals surface area contributed by atoms with Gasteiger partial charge in [-0.1, -0.05) is 55.4 Å². The molecule has 0 spiro atoms. The lowest BCUT2D eigenvalue weighted by atomic mass is 9.43. The summed E-state index contributed by atoms with van der Waals surface area (Å²) in [6.07, 6.45) is 12.6. The van der Waals surface area contributed by atoms with E-state index < -0.39 is 0 Å². The Kier molecular flexibility index (Phi) is 5.72. The highest BCUT2D eigenvalue weighted by Gasteiger charge is 2.64. The quantitative estimate of drug-likeness (QED) is 0.465. The van der Waals surface area contributed by atoms with Crippen LogP contribution in [0.1, 0.15) is 113 Å². The molecular weight excluding hydrogens is 388 g/mol. The summed E-state index contributed by atoms with van der Waals surface area (Å²) in [5.41, 5.74) is 1.69. The fourth-order valence-corrected chi connectivity index (χ4v) is 11.4. The van der Waals surface area contributed by atoms with Gasteiger partial charge in [-0.2, -0.15) is 0 Å². The van der Waals surface area contributed by atoms with Crippen molar-refractivity contribution in [1.29, 1.82) is 0 Å². The van der Waals surface area contributed by atoms with Crippen LogP contribution < -0.4 is 0 Å². The van der Waals surface area contributed by atoms with E-state index in [1.807, 2.05) is 0 Å². The first-order valence-electron chi connectivity index (χ1n) is 14.6. The lowest BCUT2D eigenvalue weighted by Crippen LogP contribution is -2.56. The van der Waals surface area contributed by atoms with Crippen LogP contribution in [0, 0.1) is 75.4 Å². The highest BCUT2D eigenvalue weighted by Crippen LogP contribution is 2.72. The molecule has 5 fully saturated rings. The van der Waals surface area contributed by atoms with Crippen molar-refractivity contribution in [3.05, 3.63) is 0 Å². The SMILES string of the molecule is CC(C)C(C)C1(C)CC1C(C)C1CCC2C3CC[C@H]4[C@H](C)[C@@H](O)CCC4(C)C3CCC12C. The van der Waals surface area contributed by atoms with Gasteiger partial charge in [-0.25, -0.2) is 0 Å². The van der Waals surface area contributed by atoms with E-state index in [1.165, 1.54) is 51.4 Å². The summed E-state index contributed by atoms with van der Waals surface area (Å²) in [4.78, 5) is 0. The summed E-state index contributed by atoms with van der Waals surface area (Å²) >= 11 is 0. The maximum absolute atomic E-state index is 10.6. The van der Waals surface area contributed by atoms with Crippen molar-refractivity contribution in [2.75, 3.05) is 0 Å². The van der Waals surface area contributed by atoms with Crippen molar-refractivity contribution in [3.8, 4) is 0 Å². The zero-order chi connectivity index (χ0) is 23.2. The highest BCUT2D eigenvalue weighted by molar-refractivity contribution is 5.13. The van der Waals surface area contributed by atoms with Crippen LogP contribution in [0.4, 0.5) is 0 Å². The molecule has 0 aromatic heterocycles. The monoisotopic (exact) mass is 442 g/mol. The van der Waals surface area contributed by atoms with Crippen LogP contribution in [-0.4, -0.2) is 11.2 Å². The normalized spacial score (nSPS) is 56.8. The van der Waals surface area contributed by atoms with Crippen molar-refractivity contribution >= 4 is 0 Å². The van der Waals surface area contributed by atoms with Gasteiger partial charge in [0.25, 0.3) is 0 Å². The smallest absolute Gasteiger partial charge is 0.0568 e. The maximum Gasteiger partial charge on any atom is 0.0568 e. The molecule has 0 aliphatic heterocycles. The van der Waals surface area contributed by atoms with Crippen molar-refractivity contribution in [1.82, 2.24) is 0 Å². The van der Waals surface area contributed by atoms with Crippen LogP contribution in [0.25, 0.3) is 0 Å². The zero-order valence-corrected chi connectivity index (χ0v) is 22.7. The summed E-state index contributed by atoms with van der Waals surface area (Å²) in [6, 6.07) is 0. The van der Waals surface area contributed by atoms with E-state index in [-0.39, 0.29) is 6.10 Å². The summed E-state index contributed by atoms with van der Waals surface area (Å²) in [7, 11) is 0. The maximum atomic E-state index is 10.6. The van der Waals surface area contributed by atoms with Gasteiger partial charge in [0.2, 0.25) is 0 Å². The van der Waals surface area contributed by atoms with E-state index in [2.05, 4.69) is 55.4 Å². The number of aliphatic hydroxyl groups is 1. The topological polar surface area (TPSA) is 20.2 Å². The predicted octanol–water partition coefficient (Wildman–Crippen LogP) is 8.21. The van der Waals surface area contributed by atoms with E-state index in [0.29, 0.717) is 22.2 Å². The Morgan fingerprint density at radius 1 is 0.719 bits per heavy atom. The van der Waals surface area contributed by atoms with Gasteiger partial charge in [0.05, 0.1) is 6.10 Å². The molecule has 0 bridgehead atoms. The molecule has 0 aromatic rings. The van der Waals surface area contributed by atoms with Gasteiger partial charge in [-0.15, -0.1) is 0 Å². The third-order valence-electron chi connectivity index (χ3n) is 13.9. The van der Waals surface area contributed by atoms with Crippen LogP contribution in [0.15, 0.2) is 0 Å². The second-order valence-corrected chi connectivity index (χ2v) is 15.0. The minimum atomic E-state index is -0.0451. The largest absolute Gasteiger partial charge is 0.393 e. The minimum Gasteiger partial charge on any atom is -0.393 e. The van der Waals surface area contributed by atoms with Gasteiger partial charge in [-0.3, -0.25) is 0 Å². The molecule has 0 saturated heterocycles. The molecule has 5 saturated carbocycles. The number of rotatable bonds is 4. The molecule has 0 amide bonds. The van der Waals surface area contributed by atoms with Crippen LogP contribution in [0.3, 0.4) is 0 Å². The molecule has 5 rings (SSSR count). The van der Waals surface area contributed by atoms with Gasteiger partial charge in [0.1, 0.15) is 0 Å². The second-order valence-electron chi connectivity index (χ2n) is 15.0. The zero-order valence-electron chi connectivity index (χ0n) is 22.7. The standard InChI is InChI=1S/C31H54O/c1-18(2)21(5)31(8)17-27(31)19(3)23-11-12-25-22-9-10-24-20(4)28(32)14-16-30(24,7)26(22)13-15-29(23,25)6/h18-28,32H,9-17H2,1-8H3/t19?,20-,21?,22?,23?,24-,25?,26?,27?,28-,29?,30?,31?/m0/s1. The second kappa shape index (κ2) is 7.73. The Morgan fingerprint density at radius 2 is 1.34 bits per heavy atom. The molecule has 184 valence electrons. The summed E-state index contributed by atoms with van der Waals surface area (Å²) in [5.74, 6) is 8.63. The Morgan fingerprint density at radius 3 is 2.03 bits per heavy atom. The van der Waals surface area contributed by atoms with E-state index >= 15 is 0 Å². The first-order valence-corrected chi connectivity index (χ1v) is 14.6. The van der Waals surface area contributed by atoms with Crippen molar-refractivity contribution in [3.63, 3.8) is 0 Å². The molecule has 1 N–H and O–H groups in total. The molecule has 13 atom stereocenters. The van der Waals surface area contributed by atoms with Crippen LogP contribution in [0.2, 0.25) is 0 Å². The lowest BCUT2D eigenvalue weighted by Gasteiger charge is -2.62. The van der Waals surface area contributed by atoms with E-state index in [0.717, 1.165) is 59.7 Å². The van der Waals surface area contributed by atoms with Crippen LogP contribution in [0.5, 0.6) is 0 Å². The molecular formula is C31H54O. The number of hydrogen-bond acceptors (Lipinski definition) is 1. The predicted molar refractivity (Wildman–Crippen MR) is 135 cm³/mol. The van der Waals surface area contributed by atoms with Gasteiger partial charge < -0.3 is 5.11 Å². The third kappa shape index (κ3) is 3.18. The van der Waals surface area contributed by atoms with E-state index in [1.54, 1.807) is 0 Å². The van der Waals surface area contributed by atoms with E-state index in [4.69, 9.17) is 0 Å². The van der Waals surface area contributed by atoms with Crippen molar-refractivity contribution in [2.24, 2.45) is 75.4 Å². The Bertz CT molecular complexity index is 713. The van der Waals surface area contributed by atoms with Crippen LogP contribution >= 0.6 is 0 Å². The Hall–Kier alpha value is -0.0400. The first-order chi connectivity index (χ1) is 14.9. The van der Waals surface area contributed by atoms with Gasteiger partial charge in [0.15, 0.2) is 0 Å². The number of hydrogen-bond donors (Lipinski definition) is 1. The fourth-order valence-electron chi connectivity index (χ4n) is 11.4. The molecule has 5 aliphatic rings. The third-order valence-corrected chi connectivity index (χ3v) is 13.9. The lowest BCUT2D eigenvalue weighted by molar-refractivity contribution is -0.149. The van der Waals surface area contributed by atoms with Gasteiger partial charge >= 0.3 is 0 Å². The van der Waals surface area contributed by atoms with Gasteiger partial charge in [0, 0.05) is 0 Å². The fraction of sp³-hybridized carbons (Fsp3) is 1.00. The first kappa shape index (κ1) is 23.7. The summed E-state index contributed by atoms with van der Waals surface area (Å²) in [6.45, 7) is 20.4.